The van der Waals surface area contributed by atoms with Gasteiger partial charge in [0.2, 0.25) is 0 Å². The maximum absolute atomic E-state index is 12.0. The van der Waals surface area contributed by atoms with E-state index < -0.39 is 0 Å². The predicted octanol–water partition coefficient (Wildman–Crippen LogP) is 4.33. The van der Waals surface area contributed by atoms with Crippen LogP contribution >= 0.6 is 23.2 Å². The largest absolute Gasteiger partial charge is 0.350 e. The van der Waals surface area contributed by atoms with Gasteiger partial charge < -0.3 is 5.32 Å². The molecule has 0 saturated heterocycles. The molecular weight excluding hydrogens is 283 g/mol. The predicted molar refractivity (Wildman–Crippen MR) is 79.9 cm³/mol. The highest BCUT2D eigenvalue weighted by Crippen LogP contribution is 2.18. The standard InChI is InChI=1S/C14H20Cl2N2O/c1-9(2)5-4-6-10(3)18-14(19)11-7-13(16)17-8-12(11)15/h7-10H,4-6H2,1-3H3,(H,18,19). The molecule has 19 heavy (non-hydrogen) atoms. The summed E-state index contributed by atoms with van der Waals surface area (Å²) in [6.07, 6.45) is 4.62. The van der Waals surface area contributed by atoms with E-state index in [0.29, 0.717) is 16.5 Å². The van der Waals surface area contributed by atoms with Gasteiger partial charge in [0.1, 0.15) is 5.15 Å². The van der Waals surface area contributed by atoms with Crippen LogP contribution in [0.4, 0.5) is 0 Å². The summed E-state index contributed by atoms with van der Waals surface area (Å²) >= 11 is 11.7. The molecule has 1 aromatic heterocycles. The molecule has 0 bridgehead atoms. The molecular formula is C14H20Cl2N2O. The molecule has 1 aromatic rings. The third-order valence-corrected chi connectivity index (χ3v) is 3.37. The van der Waals surface area contributed by atoms with Crippen molar-refractivity contribution in [3.05, 3.63) is 28.0 Å². The maximum atomic E-state index is 12.0. The molecule has 3 nitrogen and oxygen atoms in total. The summed E-state index contributed by atoms with van der Waals surface area (Å²) in [4.78, 5) is 15.9. The van der Waals surface area contributed by atoms with Gasteiger partial charge in [0, 0.05) is 12.2 Å². The fourth-order valence-corrected chi connectivity index (χ4v) is 2.14. The number of carbonyl (C=O) groups is 1. The van der Waals surface area contributed by atoms with Crippen LogP contribution in [0.15, 0.2) is 12.3 Å². The van der Waals surface area contributed by atoms with Crippen LogP contribution in [-0.4, -0.2) is 16.9 Å². The van der Waals surface area contributed by atoms with Crippen molar-refractivity contribution in [3.63, 3.8) is 0 Å². The SMILES string of the molecule is CC(C)CCCC(C)NC(=O)c1cc(Cl)ncc1Cl. The minimum absolute atomic E-state index is 0.120. The molecule has 1 rings (SSSR count). The normalized spacial score (nSPS) is 12.5. The molecule has 0 aliphatic heterocycles. The highest BCUT2D eigenvalue weighted by atomic mass is 35.5. The van der Waals surface area contributed by atoms with Gasteiger partial charge in [-0.3, -0.25) is 4.79 Å². The summed E-state index contributed by atoms with van der Waals surface area (Å²) in [5, 5.41) is 3.51. The summed E-state index contributed by atoms with van der Waals surface area (Å²) in [6, 6.07) is 1.61. The van der Waals surface area contributed by atoms with Crippen LogP contribution in [0.5, 0.6) is 0 Å². The van der Waals surface area contributed by atoms with Crippen molar-refractivity contribution < 1.29 is 4.79 Å². The Balaban J connectivity index is 2.52. The lowest BCUT2D eigenvalue weighted by molar-refractivity contribution is 0.0938. The Morgan fingerprint density at radius 3 is 2.63 bits per heavy atom. The van der Waals surface area contributed by atoms with Gasteiger partial charge in [-0.15, -0.1) is 0 Å². The lowest BCUT2D eigenvalue weighted by Gasteiger charge is -2.15. The molecule has 0 aromatic carbocycles. The molecule has 0 saturated carbocycles. The van der Waals surface area contributed by atoms with E-state index in [4.69, 9.17) is 23.2 Å². The summed E-state index contributed by atoms with van der Waals surface area (Å²) in [5.41, 5.74) is 0.373. The molecule has 0 fully saturated rings. The van der Waals surface area contributed by atoms with Gasteiger partial charge in [0.05, 0.1) is 10.6 Å². The van der Waals surface area contributed by atoms with Crippen LogP contribution in [0.3, 0.4) is 0 Å². The first-order valence-corrected chi connectivity index (χ1v) is 7.27. The molecule has 0 radical (unpaired) electrons. The van der Waals surface area contributed by atoms with Gasteiger partial charge >= 0.3 is 0 Å². The van der Waals surface area contributed by atoms with E-state index in [2.05, 4.69) is 24.1 Å². The number of amides is 1. The van der Waals surface area contributed by atoms with Gasteiger partial charge in [-0.05, 0) is 25.3 Å². The van der Waals surface area contributed by atoms with E-state index >= 15 is 0 Å². The number of hydrogen-bond donors (Lipinski definition) is 1. The van der Waals surface area contributed by atoms with Gasteiger partial charge in [0.15, 0.2) is 0 Å². The van der Waals surface area contributed by atoms with Crippen LogP contribution in [0.1, 0.15) is 50.4 Å². The number of nitrogens with one attached hydrogen (secondary N) is 1. The first-order valence-electron chi connectivity index (χ1n) is 6.52. The van der Waals surface area contributed by atoms with E-state index in [1.165, 1.54) is 18.7 Å². The Hall–Kier alpha value is -0.800. The number of hydrogen-bond acceptors (Lipinski definition) is 2. The van der Waals surface area contributed by atoms with Crippen molar-refractivity contribution in [2.24, 2.45) is 5.92 Å². The summed E-state index contributed by atoms with van der Waals surface area (Å²) in [5.74, 6) is 0.489. The number of nitrogens with zero attached hydrogens (tertiary/aromatic N) is 1. The second-order valence-electron chi connectivity index (χ2n) is 5.19. The zero-order valence-electron chi connectivity index (χ0n) is 11.5. The third-order valence-electron chi connectivity index (χ3n) is 2.86. The van der Waals surface area contributed by atoms with Crippen LogP contribution in [0, 0.1) is 5.92 Å². The number of aromatic nitrogens is 1. The Bertz CT molecular complexity index is 435. The first kappa shape index (κ1) is 16.3. The fraction of sp³-hybridized carbons (Fsp3) is 0.571. The average Bonchev–Trinajstić information content (AvgIpc) is 2.31. The maximum Gasteiger partial charge on any atom is 0.253 e. The second kappa shape index (κ2) is 7.71. The lowest BCUT2D eigenvalue weighted by Crippen LogP contribution is -2.32. The third kappa shape index (κ3) is 5.79. The topological polar surface area (TPSA) is 42.0 Å². The van der Waals surface area contributed by atoms with Crippen LogP contribution < -0.4 is 5.32 Å². The zero-order chi connectivity index (χ0) is 14.4. The summed E-state index contributed by atoms with van der Waals surface area (Å²) < 4.78 is 0. The molecule has 1 heterocycles. The smallest absolute Gasteiger partial charge is 0.253 e. The number of pyridine rings is 1. The molecule has 1 N–H and O–H groups in total. The highest BCUT2D eigenvalue weighted by Gasteiger charge is 2.14. The minimum Gasteiger partial charge on any atom is -0.350 e. The van der Waals surface area contributed by atoms with Crippen LogP contribution in [-0.2, 0) is 0 Å². The molecule has 0 aliphatic rings. The highest BCUT2D eigenvalue weighted by molar-refractivity contribution is 6.35. The van der Waals surface area contributed by atoms with Crippen molar-refractivity contribution in [2.75, 3.05) is 0 Å². The van der Waals surface area contributed by atoms with Crippen LogP contribution in [0.25, 0.3) is 0 Å². The van der Waals surface area contributed by atoms with E-state index in [1.54, 1.807) is 0 Å². The molecule has 0 aliphatic carbocycles. The molecule has 0 spiro atoms. The van der Waals surface area contributed by atoms with Crippen molar-refractivity contribution in [1.29, 1.82) is 0 Å². The summed E-state index contributed by atoms with van der Waals surface area (Å²) in [7, 11) is 0. The quantitative estimate of drug-likeness (QED) is 0.795. The summed E-state index contributed by atoms with van der Waals surface area (Å²) in [6.45, 7) is 6.39. The fourth-order valence-electron chi connectivity index (χ4n) is 1.79. The van der Waals surface area contributed by atoms with E-state index in [0.717, 1.165) is 12.8 Å². The molecule has 1 amide bonds. The molecule has 1 atom stereocenters. The monoisotopic (exact) mass is 302 g/mol. The van der Waals surface area contributed by atoms with Gasteiger partial charge in [-0.2, -0.15) is 0 Å². The van der Waals surface area contributed by atoms with Crippen molar-refractivity contribution in [2.45, 2.75) is 46.1 Å². The average molecular weight is 303 g/mol. The van der Waals surface area contributed by atoms with E-state index in [9.17, 15) is 4.79 Å². The molecule has 106 valence electrons. The van der Waals surface area contributed by atoms with Gasteiger partial charge in [-0.1, -0.05) is 49.9 Å². The van der Waals surface area contributed by atoms with Gasteiger partial charge in [0.25, 0.3) is 5.91 Å². The Morgan fingerprint density at radius 1 is 1.32 bits per heavy atom. The number of carbonyl (C=O) groups excluding carboxylic acids is 1. The Morgan fingerprint density at radius 2 is 2.00 bits per heavy atom. The Labute approximate surface area is 124 Å². The second-order valence-corrected chi connectivity index (χ2v) is 5.98. The van der Waals surface area contributed by atoms with E-state index in [-0.39, 0.29) is 17.1 Å². The first-order chi connectivity index (χ1) is 8.90. The zero-order valence-corrected chi connectivity index (χ0v) is 13.1. The molecule has 1 unspecified atom stereocenters. The van der Waals surface area contributed by atoms with Crippen molar-refractivity contribution >= 4 is 29.1 Å². The van der Waals surface area contributed by atoms with Gasteiger partial charge in [-0.25, -0.2) is 4.98 Å². The number of rotatable bonds is 6. The van der Waals surface area contributed by atoms with Crippen molar-refractivity contribution in [3.8, 4) is 0 Å². The molecule has 5 heteroatoms. The number of halogens is 2. The van der Waals surface area contributed by atoms with Crippen molar-refractivity contribution in [1.82, 2.24) is 10.3 Å². The lowest BCUT2D eigenvalue weighted by atomic mass is 10.0. The Kier molecular flexibility index (Phi) is 6.59. The van der Waals surface area contributed by atoms with E-state index in [1.807, 2.05) is 6.92 Å². The van der Waals surface area contributed by atoms with Crippen LogP contribution in [0.2, 0.25) is 10.2 Å². The minimum atomic E-state index is -0.202.